The monoisotopic (exact) mass is 1360 g/mol. The lowest BCUT2D eigenvalue weighted by Crippen LogP contribution is -2.30. The molecular weight excluding hydrogens is 1220 g/mol. The number of rotatable bonds is 72. The van der Waals surface area contributed by atoms with Crippen molar-refractivity contribution >= 4 is 39.5 Å². The van der Waals surface area contributed by atoms with E-state index in [0.717, 1.165) is 116 Å². The summed E-state index contributed by atoms with van der Waals surface area (Å²) in [4.78, 5) is 72.6. The first-order chi connectivity index (χ1) is 45.0. The van der Waals surface area contributed by atoms with Gasteiger partial charge in [0.2, 0.25) is 0 Å². The Labute approximate surface area is 567 Å². The van der Waals surface area contributed by atoms with Crippen LogP contribution in [-0.4, -0.2) is 96.7 Å². The van der Waals surface area contributed by atoms with Gasteiger partial charge in [-0.05, 0) is 57.3 Å². The van der Waals surface area contributed by atoms with E-state index < -0.39 is 97.5 Å². The number of allylic oxidation sites excluding steroid dienone is 4. The zero-order valence-corrected chi connectivity index (χ0v) is 61.7. The van der Waals surface area contributed by atoms with Crippen LogP contribution in [0, 0.1) is 5.92 Å². The molecule has 0 saturated heterocycles. The number of phosphoric ester groups is 2. The fraction of sp³-hybridized carbons (Fsp3) is 0.892. The predicted octanol–water partition coefficient (Wildman–Crippen LogP) is 21.2. The quantitative estimate of drug-likeness (QED) is 0.0169. The molecule has 17 nitrogen and oxygen atoms in total. The smallest absolute Gasteiger partial charge is 0.462 e. The minimum Gasteiger partial charge on any atom is -0.462 e. The highest BCUT2D eigenvalue weighted by Crippen LogP contribution is 2.45. The van der Waals surface area contributed by atoms with Crippen molar-refractivity contribution in [2.75, 3.05) is 39.6 Å². The van der Waals surface area contributed by atoms with Crippen LogP contribution in [0.4, 0.5) is 0 Å². The van der Waals surface area contributed by atoms with Crippen LogP contribution in [0.3, 0.4) is 0 Å². The van der Waals surface area contributed by atoms with Gasteiger partial charge in [-0.2, -0.15) is 0 Å². The summed E-state index contributed by atoms with van der Waals surface area (Å²) in [6.45, 7) is 7.12. The molecule has 0 aliphatic carbocycles. The molecule has 0 aromatic carbocycles. The van der Waals surface area contributed by atoms with Gasteiger partial charge in [0.15, 0.2) is 12.2 Å². The summed E-state index contributed by atoms with van der Waals surface area (Å²) in [5, 5.41) is 10.6. The molecule has 93 heavy (non-hydrogen) atoms. The number of carbonyl (C=O) groups is 4. The topological polar surface area (TPSA) is 237 Å². The van der Waals surface area contributed by atoms with Gasteiger partial charge in [-0.3, -0.25) is 37.3 Å². The van der Waals surface area contributed by atoms with Crippen molar-refractivity contribution in [2.45, 2.75) is 380 Å². The van der Waals surface area contributed by atoms with Crippen LogP contribution < -0.4 is 0 Å². The SMILES string of the molecule is CCCCCC/C=C\C=C/CCCCCCCC(=O)OC[C@H](COP(=O)(O)OC[C@@H](O)COP(=O)(O)OC[C@@H](COC(=O)CCCCCCCCC(C)C)OC(=O)CCCCCCCCCCCCC)OC(=O)CCCCCCCCCCCCCCCCCCCC. The zero-order chi connectivity index (χ0) is 68.4. The number of aliphatic hydroxyl groups excluding tert-OH is 1. The van der Waals surface area contributed by atoms with Crippen LogP contribution in [0.25, 0.3) is 0 Å². The summed E-state index contributed by atoms with van der Waals surface area (Å²) in [5.74, 6) is -1.47. The van der Waals surface area contributed by atoms with Crippen LogP contribution in [-0.2, 0) is 65.4 Å². The van der Waals surface area contributed by atoms with Crippen molar-refractivity contribution in [1.29, 1.82) is 0 Å². The summed E-state index contributed by atoms with van der Waals surface area (Å²) in [6.07, 6.45) is 57.8. The van der Waals surface area contributed by atoms with E-state index in [0.29, 0.717) is 31.6 Å². The van der Waals surface area contributed by atoms with Gasteiger partial charge in [0, 0.05) is 25.7 Å². The molecule has 0 heterocycles. The second-order valence-corrected chi connectivity index (χ2v) is 29.4. The van der Waals surface area contributed by atoms with Crippen molar-refractivity contribution in [3.63, 3.8) is 0 Å². The lowest BCUT2D eigenvalue weighted by Gasteiger charge is -2.21. The fourth-order valence-corrected chi connectivity index (χ4v) is 12.4. The largest absolute Gasteiger partial charge is 0.472 e. The number of phosphoric acid groups is 2. The van der Waals surface area contributed by atoms with Gasteiger partial charge in [0.05, 0.1) is 26.4 Å². The molecule has 0 radical (unpaired) electrons. The average Bonchev–Trinajstić information content (AvgIpc) is 2.48. The molecular formula is C74H140O17P2. The number of unbranched alkanes of at least 4 members (excludes halogenated alkanes) is 41. The molecule has 0 amide bonds. The first kappa shape index (κ1) is 90.5. The first-order valence-corrected chi connectivity index (χ1v) is 40.9. The molecule has 548 valence electrons. The molecule has 5 atom stereocenters. The maximum atomic E-state index is 13.1. The first-order valence-electron chi connectivity index (χ1n) is 38.0. The Morgan fingerprint density at radius 2 is 0.581 bits per heavy atom. The van der Waals surface area contributed by atoms with Gasteiger partial charge in [-0.1, -0.05) is 309 Å². The summed E-state index contributed by atoms with van der Waals surface area (Å²) in [7, 11) is -9.91. The van der Waals surface area contributed by atoms with E-state index in [2.05, 4.69) is 58.9 Å². The maximum absolute atomic E-state index is 13.1. The Bertz CT molecular complexity index is 1880. The Balaban J connectivity index is 5.25. The fourth-order valence-electron chi connectivity index (χ4n) is 10.8. The van der Waals surface area contributed by atoms with Crippen LogP contribution in [0.5, 0.6) is 0 Å². The van der Waals surface area contributed by atoms with Crippen molar-refractivity contribution < 1.29 is 80.2 Å². The average molecular weight is 1360 g/mol. The molecule has 3 N–H and O–H groups in total. The van der Waals surface area contributed by atoms with E-state index in [1.165, 1.54) is 161 Å². The molecule has 0 spiro atoms. The van der Waals surface area contributed by atoms with E-state index in [9.17, 15) is 43.2 Å². The van der Waals surface area contributed by atoms with Gasteiger partial charge in [-0.15, -0.1) is 0 Å². The molecule has 0 aliphatic heterocycles. The number of hydrogen-bond donors (Lipinski definition) is 3. The van der Waals surface area contributed by atoms with Crippen LogP contribution in [0.2, 0.25) is 0 Å². The van der Waals surface area contributed by atoms with E-state index >= 15 is 0 Å². The lowest BCUT2D eigenvalue weighted by molar-refractivity contribution is -0.161. The van der Waals surface area contributed by atoms with E-state index in [1.807, 2.05) is 0 Å². The highest BCUT2D eigenvalue weighted by atomic mass is 31.2. The minimum atomic E-state index is -4.96. The van der Waals surface area contributed by atoms with Gasteiger partial charge in [0.1, 0.15) is 19.3 Å². The highest BCUT2D eigenvalue weighted by Gasteiger charge is 2.30. The lowest BCUT2D eigenvalue weighted by atomic mass is 10.0. The maximum Gasteiger partial charge on any atom is 0.472 e. The molecule has 19 heteroatoms. The summed E-state index contributed by atoms with van der Waals surface area (Å²) in [6, 6.07) is 0. The van der Waals surface area contributed by atoms with Crippen molar-refractivity contribution in [1.82, 2.24) is 0 Å². The predicted molar refractivity (Wildman–Crippen MR) is 377 cm³/mol. The van der Waals surface area contributed by atoms with E-state index in [-0.39, 0.29) is 25.7 Å². The second-order valence-electron chi connectivity index (χ2n) is 26.5. The van der Waals surface area contributed by atoms with E-state index in [4.69, 9.17) is 37.0 Å². The molecule has 0 rings (SSSR count). The van der Waals surface area contributed by atoms with Crippen molar-refractivity contribution in [3.8, 4) is 0 Å². The summed E-state index contributed by atoms with van der Waals surface area (Å²) >= 11 is 0. The summed E-state index contributed by atoms with van der Waals surface area (Å²) in [5.41, 5.74) is 0. The van der Waals surface area contributed by atoms with Gasteiger partial charge in [-0.25, -0.2) is 9.13 Å². The van der Waals surface area contributed by atoms with Gasteiger partial charge >= 0.3 is 39.5 Å². The van der Waals surface area contributed by atoms with E-state index in [1.54, 1.807) is 0 Å². The molecule has 0 saturated carbocycles. The molecule has 0 bridgehead atoms. The van der Waals surface area contributed by atoms with Gasteiger partial charge in [0.25, 0.3) is 0 Å². The Kier molecular flexibility index (Phi) is 65.0. The molecule has 2 unspecified atom stereocenters. The third-order valence-corrected chi connectivity index (χ3v) is 18.6. The third kappa shape index (κ3) is 67.9. The summed E-state index contributed by atoms with van der Waals surface area (Å²) < 4.78 is 68.3. The zero-order valence-electron chi connectivity index (χ0n) is 59.9. The van der Waals surface area contributed by atoms with Crippen molar-refractivity contribution in [2.24, 2.45) is 5.92 Å². The van der Waals surface area contributed by atoms with Gasteiger partial charge < -0.3 is 33.8 Å². The number of carbonyl (C=O) groups excluding carboxylic acids is 4. The van der Waals surface area contributed by atoms with Crippen LogP contribution in [0.1, 0.15) is 362 Å². The second kappa shape index (κ2) is 66.8. The molecule has 0 aromatic heterocycles. The highest BCUT2D eigenvalue weighted by molar-refractivity contribution is 7.47. The standard InChI is InChI=1S/C74H140O17P2/c1-6-9-12-15-18-21-24-26-28-29-30-32-34-37-40-43-50-55-60-74(79)90-69(63-84-71(76)57-52-47-41-38-36-33-31-27-25-22-19-16-13-10-7-2)65-88-92(80,81)86-61-68(75)62-87-93(82,83)89-66-70(64-85-72(77)58-53-48-45-44-46-51-56-67(4)5)91-73(78)59-54-49-42-39-35-23-20-17-14-11-8-3/h22,25,27,31,67-70,75H,6-21,23-24,26,28-30,32-66H2,1-5H3,(H,80,81)(H,82,83)/b25-22-,31-27-/t68-,69-,70-/m1/s1. The molecule has 0 aliphatic rings. The Hall–Kier alpha value is -2.46. The number of esters is 4. The van der Waals surface area contributed by atoms with Crippen LogP contribution >= 0.6 is 15.6 Å². The minimum absolute atomic E-state index is 0.102. The molecule has 0 aromatic rings. The molecule has 0 fully saturated rings. The third-order valence-electron chi connectivity index (χ3n) is 16.7. The van der Waals surface area contributed by atoms with Crippen LogP contribution in [0.15, 0.2) is 24.3 Å². The Morgan fingerprint density at radius 1 is 0.333 bits per heavy atom. The normalized spacial score (nSPS) is 14.2. The number of ether oxygens (including phenoxy) is 4. The number of hydrogen-bond acceptors (Lipinski definition) is 15. The Morgan fingerprint density at radius 3 is 0.882 bits per heavy atom. The van der Waals surface area contributed by atoms with Crippen molar-refractivity contribution in [3.05, 3.63) is 24.3 Å². The number of aliphatic hydroxyl groups is 1.